The van der Waals surface area contributed by atoms with E-state index in [1.165, 1.54) is 24.0 Å². The summed E-state index contributed by atoms with van der Waals surface area (Å²) in [6.45, 7) is 12.9. The largest absolute Gasteiger partial charge is 0.493 e. The fourth-order valence-corrected chi connectivity index (χ4v) is 2.42. The normalized spacial score (nSPS) is 14.1. The van der Waals surface area contributed by atoms with Crippen LogP contribution in [0.25, 0.3) is 0 Å². The molecule has 0 aromatic heterocycles. The van der Waals surface area contributed by atoms with E-state index < -0.39 is 0 Å². The highest BCUT2D eigenvalue weighted by Crippen LogP contribution is 2.27. The number of aryl methyl sites for hydroxylation is 1. The second-order valence-electron chi connectivity index (χ2n) is 5.92. The van der Waals surface area contributed by atoms with Gasteiger partial charge in [-0.05, 0) is 45.2 Å². The Morgan fingerprint density at radius 1 is 1.15 bits per heavy atom. The van der Waals surface area contributed by atoms with Gasteiger partial charge in [0.1, 0.15) is 5.75 Å². The first-order valence-corrected chi connectivity index (χ1v) is 8.05. The van der Waals surface area contributed by atoms with Gasteiger partial charge in [-0.15, -0.1) is 0 Å². The summed E-state index contributed by atoms with van der Waals surface area (Å²) in [5.74, 6) is 1.66. The van der Waals surface area contributed by atoms with Crippen molar-refractivity contribution in [3.63, 3.8) is 0 Å². The maximum Gasteiger partial charge on any atom is 0.124 e. The van der Waals surface area contributed by atoms with E-state index in [-0.39, 0.29) is 0 Å². The van der Waals surface area contributed by atoms with Crippen molar-refractivity contribution in [2.45, 2.75) is 59.9 Å². The summed E-state index contributed by atoms with van der Waals surface area (Å²) in [4.78, 5) is 0. The number of hydrogen-bond donors (Lipinski definition) is 1. The molecule has 0 saturated heterocycles. The van der Waals surface area contributed by atoms with Crippen LogP contribution in [0.15, 0.2) is 18.2 Å². The van der Waals surface area contributed by atoms with Gasteiger partial charge in [-0.3, -0.25) is 0 Å². The van der Waals surface area contributed by atoms with Gasteiger partial charge in [0.15, 0.2) is 0 Å². The number of benzene rings is 1. The van der Waals surface area contributed by atoms with Crippen LogP contribution in [0.5, 0.6) is 5.75 Å². The number of ether oxygens (including phenoxy) is 1. The lowest BCUT2D eigenvalue weighted by Crippen LogP contribution is -2.20. The lowest BCUT2D eigenvalue weighted by Gasteiger charge is -2.20. The highest BCUT2D eigenvalue weighted by molar-refractivity contribution is 5.39. The molecule has 0 aliphatic rings. The van der Waals surface area contributed by atoms with Crippen molar-refractivity contribution in [2.75, 3.05) is 13.2 Å². The first kappa shape index (κ1) is 17.0. The molecule has 0 aliphatic heterocycles. The Bertz CT molecular complexity index is 389. The third kappa shape index (κ3) is 5.54. The molecule has 114 valence electrons. The van der Waals surface area contributed by atoms with E-state index in [1.807, 2.05) is 0 Å². The molecule has 0 bridgehead atoms. The van der Waals surface area contributed by atoms with Crippen molar-refractivity contribution in [1.29, 1.82) is 0 Å². The zero-order valence-corrected chi connectivity index (χ0v) is 13.8. The van der Waals surface area contributed by atoms with Gasteiger partial charge in [0.2, 0.25) is 0 Å². The van der Waals surface area contributed by atoms with Crippen LogP contribution in [0.3, 0.4) is 0 Å². The molecule has 0 radical (unpaired) electrons. The van der Waals surface area contributed by atoms with Gasteiger partial charge < -0.3 is 10.1 Å². The predicted octanol–water partition coefficient (Wildman–Crippen LogP) is 4.87. The molecule has 0 aliphatic carbocycles. The molecule has 2 heteroatoms. The number of hydrogen-bond acceptors (Lipinski definition) is 2. The fourth-order valence-electron chi connectivity index (χ4n) is 2.42. The molecule has 1 N–H and O–H groups in total. The van der Waals surface area contributed by atoms with E-state index in [9.17, 15) is 0 Å². The molecule has 0 heterocycles. The van der Waals surface area contributed by atoms with E-state index >= 15 is 0 Å². The van der Waals surface area contributed by atoms with Gasteiger partial charge in [-0.1, -0.05) is 44.9 Å². The molecule has 1 rings (SSSR count). The third-order valence-electron chi connectivity index (χ3n) is 3.64. The third-order valence-corrected chi connectivity index (χ3v) is 3.64. The van der Waals surface area contributed by atoms with Gasteiger partial charge in [0.25, 0.3) is 0 Å². The Balaban J connectivity index is 2.73. The van der Waals surface area contributed by atoms with Crippen LogP contribution in [0.2, 0.25) is 0 Å². The van der Waals surface area contributed by atoms with Crippen LogP contribution in [-0.4, -0.2) is 13.2 Å². The molecule has 1 aromatic carbocycles. The second-order valence-corrected chi connectivity index (χ2v) is 5.92. The van der Waals surface area contributed by atoms with Crippen molar-refractivity contribution < 1.29 is 4.74 Å². The summed E-state index contributed by atoms with van der Waals surface area (Å²) < 4.78 is 6.07. The van der Waals surface area contributed by atoms with E-state index in [2.05, 4.69) is 58.1 Å². The SMILES string of the molecule is CCCNC(C)c1cc(C)ccc1OCC(C)CCC. The van der Waals surface area contributed by atoms with E-state index in [4.69, 9.17) is 4.74 Å². The summed E-state index contributed by atoms with van der Waals surface area (Å²) >= 11 is 0. The summed E-state index contributed by atoms with van der Waals surface area (Å²) in [7, 11) is 0. The Hall–Kier alpha value is -1.02. The van der Waals surface area contributed by atoms with Crippen molar-refractivity contribution in [1.82, 2.24) is 5.32 Å². The van der Waals surface area contributed by atoms with Crippen molar-refractivity contribution in [2.24, 2.45) is 5.92 Å². The minimum Gasteiger partial charge on any atom is -0.493 e. The van der Waals surface area contributed by atoms with Crippen LogP contribution < -0.4 is 10.1 Å². The average molecular weight is 277 g/mol. The Morgan fingerprint density at radius 3 is 2.55 bits per heavy atom. The van der Waals surface area contributed by atoms with Gasteiger partial charge in [0.05, 0.1) is 6.61 Å². The molecular weight excluding hydrogens is 246 g/mol. The zero-order chi connectivity index (χ0) is 15.0. The van der Waals surface area contributed by atoms with Crippen LogP contribution in [-0.2, 0) is 0 Å². The van der Waals surface area contributed by atoms with Crippen LogP contribution in [0.4, 0.5) is 0 Å². The fraction of sp³-hybridized carbons (Fsp3) is 0.667. The van der Waals surface area contributed by atoms with Gasteiger partial charge in [0, 0.05) is 11.6 Å². The van der Waals surface area contributed by atoms with E-state index in [0.717, 1.165) is 25.3 Å². The maximum absolute atomic E-state index is 6.07. The predicted molar refractivity (Wildman–Crippen MR) is 87.5 cm³/mol. The smallest absolute Gasteiger partial charge is 0.124 e. The van der Waals surface area contributed by atoms with Gasteiger partial charge >= 0.3 is 0 Å². The minimum absolute atomic E-state index is 0.339. The molecule has 1 aromatic rings. The van der Waals surface area contributed by atoms with E-state index in [0.29, 0.717) is 12.0 Å². The number of rotatable bonds is 9. The summed E-state index contributed by atoms with van der Waals surface area (Å²) in [5.41, 5.74) is 2.57. The zero-order valence-electron chi connectivity index (χ0n) is 13.8. The highest BCUT2D eigenvalue weighted by Gasteiger charge is 2.12. The summed E-state index contributed by atoms with van der Waals surface area (Å²) in [5, 5.41) is 3.55. The van der Waals surface area contributed by atoms with E-state index in [1.54, 1.807) is 0 Å². The molecule has 2 unspecified atom stereocenters. The Labute approximate surface area is 124 Å². The summed E-state index contributed by atoms with van der Waals surface area (Å²) in [6, 6.07) is 6.84. The topological polar surface area (TPSA) is 21.3 Å². The van der Waals surface area contributed by atoms with Crippen LogP contribution in [0, 0.1) is 12.8 Å². The molecule has 20 heavy (non-hydrogen) atoms. The molecule has 0 fully saturated rings. The number of nitrogens with one attached hydrogen (secondary N) is 1. The summed E-state index contributed by atoms with van der Waals surface area (Å²) in [6.07, 6.45) is 3.60. The highest BCUT2D eigenvalue weighted by atomic mass is 16.5. The minimum atomic E-state index is 0.339. The molecule has 0 saturated carbocycles. The first-order chi connectivity index (χ1) is 9.58. The molecule has 2 nitrogen and oxygen atoms in total. The van der Waals surface area contributed by atoms with Gasteiger partial charge in [-0.2, -0.15) is 0 Å². The maximum atomic E-state index is 6.07. The van der Waals surface area contributed by atoms with Gasteiger partial charge in [-0.25, -0.2) is 0 Å². The molecule has 2 atom stereocenters. The lowest BCUT2D eigenvalue weighted by molar-refractivity contribution is 0.247. The molecular formula is C18H31NO. The van der Waals surface area contributed by atoms with Crippen LogP contribution >= 0.6 is 0 Å². The molecule has 0 amide bonds. The molecule has 0 spiro atoms. The standard InChI is InChI=1S/C18H31NO/c1-6-8-15(4)13-20-18-10-9-14(3)12-17(18)16(5)19-11-7-2/h9-10,12,15-16,19H,6-8,11,13H2,1-5H3. The Morgan fingerprint density at radius 2 is 1.90 bits per heavy atom. The van der Waals surface area contributed by atoms with Crippen molar-refractivity contribution in [3.8, 4) is 5.75 Å². The second kappa shape index (κ2) is 9.02. The monoisotopic (exact) mass is 277 g/mol. The van der Waals surface area contributed by atoms with Crippen molar-refractivity contribution >= 4 is 0 Å². The average Bonchev–Trinajstić information content (AvgIpc) is 2.43. The Kier molecular flexibility index (Phi) is 7.68. The van der Waals surface area contributed by atoms with Crippen LogP contribution in [0.1, 0.15) is 64.1 Å². The lowest BCUT2D eigenvalue weighted by atomic mass is 10.0. The quantitative estimate of drug-likeness (QED) is 0.695. The first-order valence-electron chi connectivity index (χ1n) is 8.05. The van der Waals surface area contributed by atoms with Crippen molar-refractivity contribution in [3.05, 3.63) is 29.3 Å².